The van der Waals surface area contributed by atoms with Gasteiger partial charge in [-0.05, 0) is 47.1 Å². The Hall–Kier alpha value is -2.88. The zero-order chi connectivity index (χ0) is 18.9. The van der Waals surface area contributed by atoms with Crippen LogP contribution in [0.2, 0.25) is 0 Å². The molecule has 3 aromatic rings. The van der Waals surface area contributed by atoms with E-state index in [2.05, 4.69) is 31.1 Å². The van der Waals surface area contributed by atoms with Gasteiger partial charge >= 0.3 is 0 Å². The standard InChI is InChI=1S/C22H24N2O2/c1-14-6-5-7-16-12-17(21(26)24-19(14)16)13-23-20(25)15-8-10-18(11-9-15)22(2,3)4/h5-12H,13H2,1-4H3,(H,23,25)(H,24,26). The van der Waals surface area contributed by atoms with Crippen LogP contribution in [0.25, 0.3) is 10.9 Å². The molecular weight excluding hydrogens is 324 g/mol. The second-order valence-electron chi connectivity index (χ2n) is 7.67. The topological polar surface area (TPSA) is 62.0 Å². The number of para-hydroxylation sites is 1. The number of nitrogens with one attached hydrogen (secondary N) is 2. The van der Waals surface area contributed by atoms with Crippen molar-refractivity contribution in [3.8, 4) is 0 Å². The van der Waals surface area contributed by atoms with E-state index in [0.717, 1.165) is 16.5 Å². The summed E-state index contributed by atoms with van der Waals surface area (Å²) in [5.41, 5.74) is 4.05. The van der Waals surface area contributed by atoms with E-state index in [-0.39, 0.29) is 23.4 Å². The maximum atomic E-state index is 12.4. The number of hydrogen-bond acceptors (Lipinski definition) is 2. The molecule has 0 radical (unpaired) electrons. The average molecular weight is 348 g/mol. The van der Waals surface area contributed by atoms with Crippen LogP contribution in [0, 0.1) is 6.92 Å². The predicted molar refractivity (Wildman–Crippen MR) is 106 cm³/mol. The lowest BCUT2D eigenvalue weighted by Gasteiger charge is -2.19. The van der Waals surface area contributed by atoms with E-state index in [0.29, 0.717) is 11.1 Å². The molecule has 4 nitrogen and oxygen atoms in total. The van der Waals surface area contributed by atoms with Crippen LogP contribution in [-0.4, -0.2) is 10.9 Å². The van der Waals surface area contributed by atoms with Gasteiger partial charge in [0, 0.05) is 17.7 Å². The second-order valence-corrected chi connectivity index (χ2v) is 7.67. The highest BCUT2D eigenvalue weighted by Gasteiger charge is 2.14. The molecule has 0 bridgehead atoms. The van der Waals surface area contributed by atoms with Crippen LogP contribution in [-0.2, 0) is 12.0 Å². The van der Waals surface area contributed by atoms with Crippen molar-refractivity contribution in [3.05, 3.63) is 81.1 Å². The third kappa shape index (κ3) is 3.69. The molecule has 1 heterocycles. The van der Waals surface area contributed by atoms with Gasteiger partial charge in [-0.1, -0.05) is 51.1 Å². The molecule has 0 fully saturated rings. The fourth-order valence-corrected chi connectivity index (χ4v) is 2.96. The smallest absolute Gasteiger partial charge is 0.253 e. The van der Waals surface area contributed by atoms with E-state index in [1.54, 1.807) is 0 Å². The highest BCUT2D eigenvalue weighted by atomic mass is 16.1. The first-order valence-corrected chi connectivity index (χ1v) is 8.76. The van der Waals surface area contributed by atoms with Crippen LogP contribution >= 0.6 is 0 Å². The van der Waals surface area contributed by atoms with E-state index in [1.807, 2.05) is 55.5 Å². The number of pyridine rings is 1. The number of hydrogen-bond donors (Lipinski definition) is 2. The minimum Gasteiger partial charge on any atom is -0.348 e. The van der Waals surface area contributed by atoms with Crippen molar-refractivity contribution in [2.75, 3.05) is 0 Å². The number of carbonyl (C=O) groups excluding carboxylic acids is 1. The second kappa shape index (κ2) is 6.79. The van der Waals surface area contributed by atoms with Gasteiger partial charge in [-0.2, -0.15) is 0 Å². The zero-order valence-corrected chi connectivity index (χ0v) is 15.6. The van der Waals surface area contributed by atoms with Crippen molar-refractivity contribution >= 4 is 16.8 Å². The van der Waals surface area contributed by atoms with Crippen LogP contribution < -0.4 is 10.9 Å². The minimum atomic E-state index is -0.186. The molecule has 0 aliphatic heterocycles. The maximum absolute atomic E-state index is 12.4. The summed E-state index contributed by atoms with van der Waals surface area (Å²) in [4.78, 5) is 27.6. The number of carbonyl (C=O) groups is 1. The maximum Gasteiger partial charge on any atom is 0.253 e. The molecule has 0 aliphatic rings. The van der Waals surface area contributed by atoms with Crippen molar-refractivity contribution in [2.45, 2.75) is 39.7 Å². The van der Waals surface area contributed by atoms with Crippen LogP contribution in [0.3, 0.4) is 0 Å². The molecule has 134 valence electrons. The molecule has 0 saturated heterocycles. The SMILES string of the molecule is Cc1cccc2cc(CNC(=O)c3ccc(C(C)(C)C)cc3)c(=O)[nH]c12. The van der Waals surface area contributed by atoms with E-state index in [9.17, 15) is 9.59 Å². The van der Waals surface area contributed by atoms with Crippen LogP contribution in [0.5, 0.6) is 0 Å². The van der Waals surface area contributed by atoms with Crippen LogP contribution in [0.1, 0.15) is 47.8 Å². The fraction of sp³-hybridized carbons (Fsp3) is 0.273. The van der Waals surface area contributed by atoms with Gasteiger partial charge in [0.1, 0.15) is 0 Å². The van der Waals surface area contributed by atoms with Crippen molar-refractivity contribution in [1.82, 2.24) is 10.3 Å². The van der Waals surface area contributed by atoms with Gasteiger partial charge in [0.25, 0.3) is 11.5 Å². The van der Waals surface area contributed by atoms with E-state index >= 15 is 0 Å². The molecule has 0 atom stereocenters. The first-order valence-electron chi connectivity index (χ1n) is 8.76. The summed E-state index contributed by atoms with van der Waals surface area (Å²) in [6.45, 7) is 8.56. The molecule has 0 unspecified atom stereocenters. The van der Waals surface area contributed by atoms with E-state index in [4.69, 9.17) is 0 Å². The Kier molecular flexibility index (Phi) is 4.68. The summed E-state index contributed by atoms with van der Waals surface area (Å²) in [5, 5.41) is 3.80. The summed E-state index contributed by atoms with van der Waals surface area (Å²) in [7, 11) is 0. The lowest BCUT2D eigenvalue weighted by Crippen LogP contribution is -2.26. The van der Waals surface area contributed by atoms with Crippen LogP contribution in [0.4, 0.5) is 0 Å². The number of aromatic nitrogens is 1. The van der Waals surface area contributed by atoms with Gasteiger partial charge in [0.2, 0.25) is 0 Å². The number of fused-ring (bicyclic) bond motifs is 1. The van der Waals surface area contributed by atoms with E-state index in [1.165, 1.54) is 5.56 Å². The molecule has 3 rings (SSSR count). The summed E-state index contributed by atoms with van der Waals surface area (Å²) >= 11 is 0. The molecule has 1 amide bonds. The Morgan fingerprint density at radius 3 is 2.42 bits per heavy atom. The van der Waals surface area contributed by atoms with Gasteiger partial charge in [-0.3, -0.25) is 9.59 Å². The molecular formula is C22H24N2O2. The molecule has 4 heteroatoms. The summed E-state index contributed by atoms with van der Waals surface area (Å²) in [5.74, 6) is -0.186. The van der Waals surface area contributed by atoms with E-state index < -0.39 is 0 Å². The fourth-order valence-electron chi connectivity index (χ4n) is 2.96. The summed E-state index contributed by atoms with van der Waals surface area (Å²) in [6.07, 6.45) is 0. The molecule has 2 N–H and O–H groups in total. The number of benzene rings is 2. The Balaban J connectivity index is 1.76. The number of amides is 1. The highest BCUT2D eigenvalue weighted by molar-refractivity contribution is 5.94. The third-order valence-electron chi connectivity index (χ3n) is 4.62. The zero-order valence-electron chi connectivity index (χ0n) is 15.6. The highest BCUT2D eigenvalue weighted by Crippen LogP contribution is 2.22. The molecule has 0 saturated carbocycles. The number of H-pyrrole nitrogens is 1. The Labute approximate surface area is 153 Å². The molecule has 2 aromatic carbocycles. The predicted octanol–water partition coefficient (Wildman–Crippen LogP) is 4.06. The Morgan fingerprint density at radius 1 is 1.08 bits per heavy atom. The first kappa shape index (κ1) is 17.9. The Bertz CT molecular complexity index is 1010. The summed E-state index contributed by atoms with van der Waals surface area (Å²) < 4.78 is 0. The first-order chi connectivity index (χ1) is 12.3. The van der Waals surface area contributed by atoms with Crippen molar-refractivity contribution in [2.24, 2.45) is 0 Å². The minimum absolute atomic E-state index is 0.0471. The number of aromatic amines is 1. The van der Waals surface area contributed by atoms with Gasteiger partial charge in [-0.15, -0.1) is 0 Å². The van der Waals surface area contributed by atoms with Crippen molar-refractivity contribution < 1.29 is 4.79 Å². The quantitative estimate of drug-likeness (QED) is 0.750. The molecule has 0 spiro atoms. The molecule has 26 heavy (non-hydrogen) atoms. The lowest BCUT2D eigenvalue weighted by atomic mass is 9.87. The summed E-state index contributed by atoms with van der Waals surface area (Å²) in [6, 6.07) is 15.3. The molecule has 1 aromatic heterocycles. The largest absolute Gasteiger partial charge is 0.348 e. The van der Waals surface area contributed by atoms with Crippen LogP contribution in [0.15, 0.2) is 53.3 Å². The number of rotatable bonds is 3. The normalized spacial score (nSPS) is 11.5. The third-order valence-corrected chi connectivity index (χ3v) is 4.62. The van der Waals surface area contributed by atoms with Gasteiger partial charge in [0.05, 0.1) is 5.52 Å². The van der Waals surface area contributed by atoms with Crippen molar-refractivity contribution in [3.63, 3.8) is 0 Å². The van der Waals surface area contributed by atoms with Gasteiger partial charge in [0.15, 0.2) is 0 Å². The number of aryl methyl sites for hydroxylation is 1. The molecule has 0 aliphatic carbocycles. The van der Waals surface area contributed by atoms with Crippen molar-refractivity contribution in [1.29, 1.82) is 0 Å². The average Bonchev–Trinajstić information content (AvgIpc) is 2.60. The van der Waals surface area contributed by atoms with Gasteiger partial charge < -0.3 is 10.3 Å². The monoisotopic (exact) mass is 348 g/mol. The Morgan fingerprint density at radius 2 is 1.77 bits per heavy atom. The lowest BCUT2D eigenvalue weighted by molar-refractivity contribution is 0.0950. The van der Waals surface area contributed by atoms with Gasteiger partial charge in [-0.25, -0.2) is 0 Å².